The molecule has 0 aliphatic heterocycles. The molecule has 1 aromatic heterocycles. The number of anilines is 1. The highest BCUT2D eigenvalue weighted by atomic mass is 35.5. The number of amides is 1. The van der Waals surface area contributed by atoms with E-state index in [9.17, 15) is 14.9 Å². The van der Waals surface area contributed by atoms with Gasteiger partial charge in [-0.1, -0.05) is 29.4 Å². The standard InChI is InChI=1S/C18H16ClN5O3S/c1-2-23-17(12-6-8-15(9-7-12)24(26)27)21-22-18(23)28-11-16(25)20-14-5-3-4-13(19)10-14/h3-10H,2,11H2,1H3,(H,20,25). The first-order valence-electron chi connectivity index (χ1n) is 8.34. The number of benzene rings is 2. The van der Waals surface area contributed by atoms with Gasteiger partial charge in [-0.25, -0.2) is 0 Å². The summed E-state index contributed by atoms with van der Waals surface area (Å²) < 4.78 is 1.86. The summed E-state index contributed by atoms with van der Waals surface area (Å²) >= 11 is 7.18. The Labute approximate surface area is 170 Å². The minimum absolute atomic E-state index is 0.0126. The highest BCUT2D eigenvalue weighted by Crippen LogP contribution is 2.26. The Morgan fingerprint density at radius 2 is 2.00 bits per heavy atom. The molecule has 1 N–H and O–H groups in total. The lowest BCUT2D eigenvalue weighted by Gasteiger charge is -2.08. The largest absolute Gasteiger partial charge is 0.325 e. The molecule has 8 nitrogen and oxygen atoms in total. The second kappa shape index (κ2) is 8.85. The second-order valence-corrected chi connectivity index (χ2v) is 7.08. The van der Waals surface area contributed by atoms with Gasteiger partial charge in [0.1, 0.15) is 0 Å². The first kappa shape index (κ1) is 19.8. The van der Waals surface area contributed by atoms with Crippen molar-refractivity contribution in [3.8, 4) is 11.4 Å². The Hall–Kier alpha value is -2.91. The topological polar surface area (TPSA) is 103 Å². The third-order valence-electron chi connectivity index (χ3n) is 3.81. The highest BCUT2D eigenvalue weighted by molar-refractivity contribution is 7.99. The van der Waals surface area contributed by atoms with Crippen LogP contribution in [0.15, 0.2) is 53.7 Å². The predicted molar refractivity (Wildman–Crippen MR) is 109 cm³/mol. The van der Waals surface area contributed by atoms with Crippen LogP contribution in [0.4, 0.5) is 11.4 Å². The summed E-state index contributed by atoms with van der Waals surface area (Å²) in [6.45, 7) is 2.53. The van der Waals surface area contributed by atoms with Crippen LogP contribution in [0, 0.1) is 10.1 Å². The Kier molecular flexibility index (Phi) is 6.27. The van der Waals surface area contributed by atoms with E-state index in [1.54, 1.807) is 36.4 Å². The molecule has 0 radical (unpaired) electrons. The number of nitro benzene ring substituents is 1. The van der Waals surface area contributed by atoms with Crippen molar-refractivity contribution < 1.29 is 9.72 Å². The molecule has 0 unspecified atom stereocenters. The number of hydrogen-bond acceptors (Lipinski definition) is 6. The summed E-state index contributed by atoms with van der Waals surface area (Å²) in [6.07, 6.45) is 0. The van der Waals surface area contributed by atoms with Crippen LogP contribution in [-0.2, 0) is 11.3 Å². The van der Waals surface area contributed by atoms with Gasteiger partial charge in [0.25, 0.3) is 5.69 Å². The lowest BCUT2D eigenvalue weighted by atomic mass is 10.2. The zero-order valence-electron chi connectivity index (χ0n) is 14.8. The van der Waals surface area contributed by atoms with Gasteiger partial charge in [0.15, 0.2) is 11.0 Å². The molecule has 3 rings (SSSR count). The van der Waals surface area contributed by atoms with Crippen molar-refractivity contribution in [1.29, 1.82) is 0 Å². The number of rotatable bonds is 7. The summed E-state index contributed by atoms with van der Waals surface area (Å²) in [5.74, 6) is 0.565. The number of carbonyl (C=O) groups excluding carboxylic acids is 1. The van der Waals surface area contributed by atoms with Crippen LogP contribution >= 0.6 is 23.4 Å². The van der Waals surface area contributed by atoms with E-state index in [1.165, 1.54) is 23.9 Å². The zero-order chi connectivity index (χ0) is 20.1. The number of hydrogen-bond donors (Lipinski definition) is 1. The number of thioether (sulfide) groups is 1. The molecule has 0 aliphatic carbocycles. The molecule has 1 amide bonds. The van der Waals surface area contributed by atoms with Gasteiger partial charge in [-0.15, -0.1) is 10.2 Å². The molecule has 0 saturated heterocycles. The third kappa shape index (κ3) is 4.68. The maximum Gasteiger partial charge on any atom is 0.269 e. The summed E-state index contributed by atoms with van der Waals surface area (Å²) in [4.78, 5) is 22.5. The molecule has 0 bridgehead atoms. The fourth-order valence-electron chi connectivity index (χ4n) is 2.52. The molecule has 3 aromatic rings. The number of carbonyl (C=O) groups is 1. The monoisotopic (exact) mass is 417 g/mol. The number of nitro groups is 1. The van der Waals surface area contributed by atoms with Gasteiger partial charge in [0, 0.05) is 35.0 Å². The average molecular weight is 418 g/mol. The van der Waals surface area contributed by atoms with Gasteiger partial charge in [-0.2, -0.15) is 0 Å². The average Bonchev–Trinajstić information content (AvgIpc) is 3.09. The van der Waals surface area contributed by atoms with Gasteiger partial charge in [0.2, 0.25) is 5.91 Å². The third-order valence-corrected chi connectivity index (χ3v) is 5.01. The zero-order valence-corrected chi connectivity index (χ0v) is 16.4. The first-order valence-corrected chi connectivity index (χ1v) is 9.70. The van der Waals surface area contributed by atoms with Gasteiger partial charge >= 0.3 is 0 Å². The van der Waals surface area contributed by atoms with Gasteiger partial charge in [-0.05, 0) is 37.3 Å². The molecule has 0 spiro atoms. The Bertz CT molecular complexity index is 1010. The summed E-state index contributed by atoms with van der Waals surface area (Å²) in [5, 5.41) is 23.1. The van der Waals surface area contributed by atoms with E-state index in [1.807, 2.05) is 11.5 Å². The molecule has 0 fully saturated rings. The van der Waals surface area contributed by atoms with E-state index >= 15 is 0 Å². The molecular weight excluding hydrogens is 402 g/mol. The van der Waals surface area contributed by atoms with Crippen molar-refractivity contribution >= 4 is 40.6 Å². The molecule has 144 valence electrons. The molecule has 0 atom stereocenters. The van der Waals surface area contributed by atoms with Crippen LogP contribution < -0.4 is 5.32 Å². The maximum absolute atomic E-state index is 12.2. The van der Waals surface area contributed by atoms with E-state index in [2.05, 4.69) is 15.5 Å². The molecule has 0 saturated carbocycles. The molecule has 10 heteroatoms. The number of nitrogens with one attached hydrogen (secondary N) is 1. The van der Waals surface area contributed by atoms with Crippen molar-refractivity contribution in [3.05, 3.63) is 63.7 Å². The fourth-order valence-corrected chi connectivity index (χ4v) is 3.51. The van der Waals surface area contributed by atoms with Crippen molar-refractivity contribution in [3.63, 3.8) is 0 Å². The van der Waals surface area contributed by atoms with E-state index in [4.69, 9.17) is 11.6 Å². The predicted octanol–water partition coefficient (Wildman–Crippen LogP) is 4.26. The molecule has 0 aliphatic rings. The molecule has 2 aromatic carbocycles. The number of non-ortho nitro benzene ring substituents is 1. The Balaban J connectivity index is 1.69. The van der Waals surface area contributed by atoms with E-state index < -0.39 is 4.92 Å². The number of nitrogens with zero attached hydrogens (tertiary/aromatic N) is 4. The fraction of sp³-hybridized carbons (Fsp3) is 0.167. The summed E-state index contributed by atoms with van der Waals surface area (Å²) in [5.41, 5.74) is 1.36. The Morgan fingerprint density at radius 1 is 1.25 bits per heavy atom. The van der Waals surface area contributed by atoms with Gasteiger partial charge < -0.3 is 9.88 Å². The van der Waals surface area contributed by atoms with Crippen LogP contribution in [0.3, 0.4) is 0 Å². The van der Waals surface area contributed by atoms with E-state index in [0.29, 0.717) is 28.2 Å². The van der Waals surface area contributed by atoms with Crippen molar-refractivity contribution in [1.82, 2.24) is 14.8 Å². The highest BCUT2D eigenvalue weighted by Gasteiger charge is 2.16. The molecule has 28 heavy (non-hydrogen) atoms. The number of halogens is 1. The van der Waals surface area contributed by atoms with Crippen LogP contribution in [0.2, 0.25) is 5.02 Å². The van der Waals surface area contributed by atoms with Gasteiger partial charge in [-0.3, -0.25) is 14.9 Å². The smallest absolute Gasteiger partial charge is 0.269 e. The lowest BCUT2D eigenvalue weighted by molar-refractivity contribution is -0.384. The van der Waals surface area contributed by atoms with E-state index in [0.717, 1.165) is 5.56 Å². The van der Waals surface area contributed by atoms with Crippen LogP contribution in [0.25, 0.3) is 11.4 Å². The molecule has 1 heterocycles. The SMILES string of the molecule is CCn1c(SCC(=O)Nc2cccc(Cl)c2)nnc1-c1ccc([N+](=O)[O-])cc1. The lowest BCUT2D eigenvalue weighted by Crippen LogP contribution is -2.14. The number of aromatic nitrogens is 3. The van der Waals surface area contributed by atoms with Crippen LogP contribution in [0.1, 0.15) is 6.92 Å². The minimum atomic E-state index is -0.450. The minimum Gasteiger partial charge on any atom is -0.325 e. The normalized spacial score (nSPS) is 10.6. The van der Waals surface area contributed by atoms with Crippen molar-refractivity contribution in [2.75, 3.05) is 11.1 Å². The maximum atomic E-state index is 12.2. The summed E-state index contributed by atoms with van der Waals surface area (Å²) in [7, 11) is 0. The Morgan fingerprint density at radius 3 is 2.64 bits per heavy atom. The summed E-state index contributed by atoms with van der Waals surface area (Å²) in [6, 6.07) is 13.0. The van der Waals surface area contributed by atoms with Crippen LogP contribution in [-0.4, -0.2) is 31.3 Å². The molecular formula is C18H16ClN5O3S. The van der Waals surface area contributed by atoms with Crippen molar-refractivity contribution in [2.24, 2.45) is 0 Å². The van der Waals surface area contributed by atoms with Crippen molar-refractivity contribution in [2.45, 2.75) is 18.6 Å². The first-order chi connectivity index (χ1) is 13.5. The van der Waals surface area contributed by atoms with Crippen LogP contribution in [0.5, 0.6) is 0 Å². The van der Waals surface area contributed by atoms with Gasteiger partial charge in [0.05, 0.1) is 10.7 Å². The second-order valence-electron chi connectivity index (χ2n) is 5.70. The quantitative estimate of drug-likeness (QED) is 0.350. The van der Waals surface area contributed by atoms with E-state index in [-0.39, 0.29) is 17.3 Å².